The first-order valence-electron chi connectivity index (χ1n) is 6.26. The lowest BCUT2D eigenvalue weighted by molar-refractivity contribution is -0.137. The van der Waals surface area contributed by atoms with Gasteiger partial charge in [-0.15, -0.1) is 0 Å². The van der Waals surface area contributed by atoms with E-state index in [9.17, 15) is 18.0 Å². The first-order valence-corrected chi connectivity index (χ1v) is 7.87. The molecule has 100 valence electrons. The summed E-state index contributed by atoms with van der Waals surface area (Å²) in [7, 11) is -3.64. The lowest BCUT2D eigenvalue weighted by atomic mass is 9.71. The normalized spacial score (nSPS) is 48.2. The van der Waals surface area contributed by atoms with Gasteiger partial charge in [-0.2, -0.15) is 0 Å². The second-order valence-electron chi connectivity index (χ2n) is 6.40. The van der Waals surface area contributed by atoms with E-state index in [2.05, 4.69) is 6.92 Å². The highest BCUT2D eigenvalue weighted by molar-refractivity contribution is 7.89. The minimum Gasteiger partial charge on any atom is -0.292 e. The minimum absolute atomic E-state index is 0.00273. The summed E-state index contributed by atoms with van der Waals surface area (Å²) < 4.78 is 25.4. The van der Waals surface area contributed by atoms with Crippen molar-refractivity contribution in [2.45, 2.75) is 39.2 Å². The van der Waals surface area contributed by atoms with E-state index in [1.807, 2.05) is 6.92 Å². The van der Waals surface area contributed by atoms with Crippen molar-refractivity contribution in [3.05, 3.63) is 0 Å². The molecule has 1 aliphatic heterocycles. The summed E-state index contributed by atoms with van der Waals surface area (Å²) in [5, 5.41) is 0. The zero-order valence-electron chi connectivity index (χ0n) is 10.5. The van der Waals surface area contributed by atoms with Crippen LogP contribution in [0.4, 0.5) is 0 Å². The molecule has 1 saturated heterocycles. The molecule has 3 aliphatic rings. The highest BCUT2D eigenvalue weighted by atomic mass is 32.2. The van der Waals surface area contributed by atoms with Gasteiger partial charge >= 0.3 is 0 Å². The Morgan fingerprint density at radius 2 is 2.06 bits per heavy atom. The summed E-state index contributed by atoms with van der Waals surface area (Å²) in [6.45, 7) is 4.16. The quantitative estimate of drug-likeness (QED) is 0.516. The van der Waals surface area contributed by atoms with Gasteiger partial charge in [0.2, 0.25) is 16.3 Å². The molecule has 2 aliphatic carbocycles. The zero-order chi connectivity index (χ0) is 13.3. The molecule has 0 spiro atoms. The predicted molar refractivity (Wildman–Crippen MR) is 64.0 cm³/mol. The van der Waals surface area contributed by atoms with E-state index in [4.69, 9.17) is 0 Å². The Morgan fingerprint density at radius 3 is 2.67 bits per heavy atom. The molecular weight excluding hydrogens is 254 g/mol. The fourth-order valence-corrected chi connectivity index (χ4v) is 7.03. The third-order valence-corrected chi connectivity index (χ3v) is 7.74. The van der Waals surface area contributed by atoms with E-state index in [-0.39, 0.29) is 34.8 Å². The molecule has 3 rings (SSSR count). The Morgan fingerprint density at radius 1 is 1.39 bits per heavy atom. The number of hydrogen-bond acceptors (Lipinski definition) is 4. The molecule has 4 atom stereocenters. The Kier molecular flexibility index (Phi) is 2.13. The van der Waals surface area contributed by atoms with Crippen molar-refractivity contribution in [3.63, 3.8) is 0 Å². The van der Waals surface area contributed by atoms with Gasteiger partial charge in [-0.25, -0.2) is 12.7 Å². The summed E-state index contributed by atoms with van der Waals surface area (Å²) in [6.07, 6.45) is 2.79. The van der Waals surface area contributed by atoms with E-state index in [0.717, 1.165) is 17.1 Å². The van der Waals surface area contributed by atoms with Gasteiger partial charge in [0, 0.05) is 0 Å². The lowest BCUT2D eigenvalue weighted by Gasteiger charge is -2.42. The van der Waals surface area contributed by atoms with Crippen LogP contribution in [0.25, 0.3) is 0 Å². The molecule has 6 heteroatoms. The fourth-order valence-electron chi connectivity index (χ4n) is 4.62. The largest absolute Gasteiger partial charge is 0.300 e. The summed E-state index contributed by atoms with van der Waals surface area (Å²) in [6, 6.07) is -0.301. The highest BCUT2D eigenvalue weighted by Gasteiger charge is 2.70. The van der Waals surface area contributed by atoms with E-state index >= 15 is 0 Å². The second kappa shape index (κ2) is 3.15. The Balaban J connectivity index is 2.13. The average Bonchev–Trinajstić information content (AvgIpc) is 2.57. The van der Waals surface area contributed by atoms with Crippen molar-refractivity contribution in [1.82, 2.24) is 4.31 Å². The zero-order valence-corrected chi connectivity index (χ0v) is 11.4. The average molecular weight is 271 g/mol. The van der Waals surface area contributed by atoms with Gasteiger partial charge in [-0.1, -0.05) is 13.8 Å². The molecule has 0 radical (unpaired) electrons. The van der Waals surface area contributed by atoms with Gasteiger partial charge in [0.1, 0.15) is 0 Å². The summed E-state index contributed by atoms with van der Waals surface area (Å²) in [4.78, 5) is 22.3. The van der Waals surface area contributed by atoms with Crippen LogP contribution < -0.4 is 0 Å². The predicted octanol–water partition coefficient (Wildman–Crippen LogP) is 0.552. The summed E-state index contributed by atoms with van der Waals surface area (Å²) in [5.41, 5.74) is -0.260. The number of rotatable bonds is 1. The molecule has 0 aromatic heterocycles. The smallest absolute Gasteiger partial charge is 0.292 e. The van der Waals surface area contributed by atoms with Crippen LogP contribution >= 0.6 is 0 Å². The highest BCUT2D eigenvalue weighted by Crippen LogP contribution is 2.69. The SMILES string of the molecule is CC12CCC3[C@@H](C1)N(C(=O)C=O)S(=O)(=O)CC32C. The maximum Gasteiger partial charge on any atom is 0.300 e. The maximum atomic E-state index is 12.3. The van der Waals surface area contributed by atoms with Crippen LogP contribution in [-0.4, -0.2) is 36.7 Å². The maximum absolute atomic E-state index is 12.3. The monoisotopic (exact) mass is 271 g/mol. The third-order valence-electron chi connectivity index (χ3n) is 5.73. The molecule has 2 saturated carbocycles. The summed E-state index contributed by atoms with van der Waals surface area (Å²) in [5.74, 6) is -0.690. The number of sulfonamides is 1. The van der Waals surface area contributed by atoms with Crippen LogP contribution in [-0.2, 0) is 19.6 Å². The number of aldehydes is 1. The standard InChI is InChI=1S/C12H17NO4S/c1-11-4-3-8-9(5-11)13(10(15)6-14)18(16,17)7-12(8,11)2/h6,8-9H,3-5,7H2,1-2H3/t8?,9-,11?,12?/m1/s1. The molecule has 0 aromatic rings. The van der Waals surface area contributed by atoms with Crippen LogP contribution in [0.15, 0.2) is 0 Å². The Hall–Kier alpha value is -0.910. The fraction of sp³-hybridized carbons (Fsp3) is 0.833. The van der Waals surface area contributed by atoms with Crippen LogP contribution in [0.3, 0.4) is 0 Å². The van der Waals surface area contributed by atoms with Crippen molar-refractivity contribution in [3.8, 4) is 0 Å². The topological polar surface area (TPSA) is 71.5 Å². The van der Waals surface area contributed by atoms with Crippen LogP contribution in [0.2, 0.25) is 0 Å². The molecule has 5 nitrogen and oxygen atoms in total. The van der Waals surface area contributed by atoms with Crippen LogP contribution in [0, 0.1) is 16.7 Å². The van der Waals surface area contributed by atoms with E-state index in [0.29, 0.717) is 6.42 Å². The molecule has 3 fully saturated rings. The van der Waals surface area contributed by atoms with E-state index in [1.165, 1.54) is 0 Å². The minimum atomic E-state index is -3.64. The number of nitrogens with zero attached hydrogens (tertiary/aromatic N) is 1. The molecule has 4 bridgehead atoms. The van der Waals surface area contributed by atoms with Crippen molar-refractivity contribution in [2.24, 2.45) is 16.7 Å². The van der Waals surface area contributed by atoms with Gasteiger partial charge < -0.3 is 0 Å². The Labute approximate surface area is 107 Å². The number of hydrogen-bond donors (Lipinski definition) is 0. The van der Waals surface area contributed by atoms with Crippen molar-refractivity contribution >= 4 is 22.2 Å². The van der Waals surface area contributed by atoms with E-state index < -0.39 is 15.9 Å². The van der Waals surface area contributed by atoms with Gasteiger partial charge in [0.15, 0.2) is 0 Å². The molecule has 0 aromatic carbocycles. The van der Waals surface area contributed by atoms with Crippen LogP contribution in [0.1, 0.15) is 33.1 Å². The van der Waals surface area contributed by atoms with Crippen molar-refractivity contribution < 1.29 is 18.0 Å². The van der Waals surface area contributed by atoms with E-state index in [1.54, 1.807) is 0 Å². The molecule has 1 heterocycles. The molecule has 3 unspecified atom stereocenters. The van der Waals surface area contributed by atoms with Gasteiger partial charge in [-0.3, -0.25) is 9.59 Å². The number of amides is 1. The summed E-state index contributed by atoms with van der Waals surface area (Å²) >= 11 is 0. The molecule has 1 amide bonds. The first-order chi connectivity index (χ1) is 8.25. The second-order valence-corrected chi connectivity index (χ2v) is 8.25. The molecule has 0 N–H and O–H groups in total. The van der Waals surface area contributed by atoms with Gasteiger partial charge in [0.05, 0.1) is 11.8 Å². The van der Waals surface area contributed by atoms with Crippen LogP contribution in [0.5, 0.6) is 0 Å². The third kappa shape index (κ3) is 1.15. The lowest BCUT2D eigenvalue weighted by Crippen LogP contribution is -2.55. The number of carbonyl (C=O) groups excluding carboxylic acids is 2. The van der Waals surface area contributed by atoms with Gasteiger partial charge in [-0.05, 0) is 36.0 Å². The van der Waals surface area contributed by atoms with Crippen molar-refractivity contribution in [1.29, 1.82) is 0 Å². The van der Waals surface area contributed by atoms with Crippen molar-refractivity contribution in [2.75, 3.05) is 5.75 Å². The Bertz CT molecular complexity index is 542. The first kappa shape index (κ1) is 12.1. The number of carbonyl (C=O) groups is 2. The molecular formula is C12H17NO4S. The van der Waals surface area contributed by atoms with Gasteiger partial charge in [0.25, 0.3) is 5.91 Å². The molecule has 18 heavy (non-hydrogen) atoms.